The Morgan fingerprint density at radius 1 is 1.26 bits per heavy atom. The Morgan fingerprint density at radius 2 is 1.84 bits per heavy atom. The highest BCUT2D eigenvalue weighted by atomic mass is 16.6. The molecule has 0 saturated heterocycles. The zero-order chi connectivity index (χ0) is 15.1. The van der Waals surface area contributed by atoms with Crippen LogP contribution < -0.4 is 0 Å². The van der Waals surface area contributed by atoms with Gasteiger partial charge < -0.3 is 9.64 Å². The van der Waals surface area contributed by atoms with Crippen LogP contribution in [0.4, 0.5) is 4.79 Å². The van der Waals surface area contributed by atoms with Gasteiger partial charge in [0.15, 0.2) is 0 Å². The molecule has 19 heavy (non-hydrogen) atoms. The van der Waals surface area contributed by atoms with Crippen LogP contribution in [0.5, 0.6) is 0 Å². The lowest BCUT2D eigenvalue weighted by atomic mass is 10.00. The van der Waals surface area contributed by atoms with Gasteiger partial charge in [-0.2, -0.15) is 0 Å². The SMILES string of the molecule is C=CCC(CC(C)C)N(CC=C)C(=O)OC(C)(C)C. The van der Waals surface area contributed by atoms with E-state index in [1.165, 1.54) is 0 Å². The molecule has 0 heterocycles. The second kappa shape index (κ2) is 8.03. The van der Waals surface area contributed by atoms with Gasteiger partial charge in [-0.25, -0.2) is 4.79 Å². The van der Waals surface area contributed by atoms with Gasteiger partial charge in [0.1, 0.15) is 5.60 Å². The summed E-state index contributed by atoms with van der Waals surface area (Å²) in [7, 11) is 0. The van der Waals surface area contributed by atoms with Gasteiger partial charge in [-0.3, -0.25) is 0 Å². The first kappa shape index (κ1) is 17.8. The van der Waals surface area contributed by atoms with E-state index in [2.05, 4.69) is 27.0 Å². The minimum atomic E-state index is -0.479. The first-order chi connectivity index (χ1) is 8.71. The molecule has 0 rings (SSSR count). The normalized spacial score (nSPS) is 12.9. The summed E-state index contributed by atoms with van der Waals surface area (Å²) in [6, 6.07) is 0.116. The van der Waals surface area contributed by atoms with Crippen molar-refractivity contribution < 1.29 is 9.53 Å². The minimum Gasteiger partial charge on any atom is -0.444 e. The van der Waals surface area contributed by atoms with Crippen LogP contribution in [0.2, 0.25) is 0 Å². The minimum absolute atomic E-state index is 0.116. The van der Waals surface area contributed by atoms with Gasteiger partial charge in [0.05, 0.1) is 0 Å². The largest absolute Gasteiger partial charge is 0.444 e. The smallest absolute Gasteiger partial charge is 0.410 e. The molecule has 0 N–H and O–H groups in total. The zero-order valence-corrected chi connectivity index (χ0v) is 13.1. The summed E-state index contributed by atoms with van der Waals surface area (Å²) in [6.45, 7) is 17.9. The number of nitrogens with zero attached hydrogens (tertiary/aromatic N) is 1. The van der Waals surface area contributed by atoms with Crippen LogP contribution in [0.25, 0.3) is 0 Å². The van der Waals surface area contributed by atoms with Crippen LogP contribution in [0.15, 0.2) is 25.3 Å². The molecule has 1 atom stereocenters. The van der Waals surface area contributed by atoms with Crippen molar-refractivity contribution in [1.82, 2.24) is 4.90 Å². The van der Waals surface area contributed by atoms with Gasteiger partial charge in [-0.15, -0.1) is 13.2 Å². The van der Waals surface area contributed by atoms with Crippen LogP contribution in [-0.2, 0) is 4.74 Å². The van der Waals surface area contributed by atoms with Crippen molar-refractivity contribution in [2.24, 2.45) is 5.92 Å². The van der Waals surface area contributed by atoms with Crippen LogP contribution in [0.1, 0.15) is 47.5 Å². The molecule has 0 aliphatic rings. The van der Waals surface area contributed by atoms with Crippen molar-refractivity contribution in [1.29, 1.82) is 0 Å². The maximum absolute atomic E-state index is 12.3. The van der Waals surface area contributed by atoms with E-state index in [1.54, 1.807) is 11.0 Å². The maximum Gasteiger partial charge on any atom is 0.410 e. The van der Waals surface area contributed by atoms with Crippen molar-refractivity contribution in [3.8, 4) is 0 Å². The molecular weight excluding hydrogens is 238 g/mol. The fraction of sp³-hybridized carbons (Fsp3) is 0.688. The molecule has 0 aliphatic heterocycles. The monoisotopic (exact) mass is 267 g/mol. The molecule has 0 aromatic heterocycles. The number of rotatable bonds is 7. The second-order valence-corrected chi connectivity index (χ2v) is 6.23. The van der Waals surface area contributed by atoms with Crippen LogP contribution in [0, 0.1) is 5.92 Å². The number of carbonyl (C=O) groups excluding carboxylic acids is 1. The molecule has 3 heteroatoms. The third kappa shape index (κ3) is 7.70. The highest BCUT2D eigenvalue weighted by Gasteiger charge is 2.27. The first-order valence-electron chi connectivity index (χ1n) is 6.92. The number of amides is 1. The van der Waals surface area contributed by atoms with E-state index < -0.39 is 5.60 Å². The lowest BCUT2D eigenvalue weighted by molar-refractivity contribution is 0.0171. The average Bonchev–Trinajstić information content (AvgIpc) is 2.22. The molecule has 0 aromatic carbocycles. The van der Waals surface area contributed by atoms with Crippen molar-refractivity contribution in [2.75, 3.05) is 6.54 Å². The van der Waals surface area contributed by atoms with Gasteiger partial charge in [-0.1, -0.05) is 26.0 Å². The van der Waals surface area contributed by atoms with Crippen molar-refractivity contribution in [3.63, 3.8) is 0 Å². The quantitative estimate of drug-likeness (QED) is 0.640. The Morgan fingerprint density at radius 3 is 2.21 bits per heavy atom. The highest BCUT2D eigenvalue weighted by Crippen LogP contribution is 2.19. The maximum atomic E-state index is 12.3. The fourth-order valence-electron chi connectivity index (χ4n) is 1.92. The third-order valence-electron chi connectivity index (χ3n) is 2.58. The molecule has 1 unspecified atom stereocenters. The molecule has 0 saturated carbocycles. The van der Waals surface area contributed by atoms with Crippen LogP contribution >= 0.6 is 0 Å². The number of ether oxygens (including phenoxy) is 1. The molecule has 0 fully saturated rings. The second-order valence-electron chi connectivity index (χ2n) is 6.23. The third-order valence-corrected chi connectivity index (χ3v) is 2.58. The van der Waals surface area contributed by atoms with E-state index in [9.17, 15) is 4.79 Å². The van der Waals surface area contributed by atoms with E-state index in [4.69, 9.17) is 4.74 Å². The zero-order valence-electron chi connectivity index (χ0n) is 13.1. The van der Waals surface area contributed by atoms with Crippen molar-refractivity contribution in [3.05, 3.63) is 25.3 Å². The van der Waals surface area contributed by atoms with Crippen LogP contribution in [-0.4, -0.2) is 29.2 Å². The van der Waals surface area contributed by atoms with Gasteiger partial charge >= 0.3 is 6.09 Å². The predicted octanol–water partition coefficient (Wildman–Crippen LogP) is 4.40. The van der Waals surface area contributed by atoms with Gasteiger partial charge in [0, 0.05) is 12.6 Å². The van der Waals surface area contributed by atoms with Gasteiger partial charge in [0.25, 0.3) is 0 Å². The number of carbonyl (C=O) groups is 1. The summed E-state index contributed by atoms with van der Waals surface area (Å²) in [5, 5.41) is 0. The van der Waals surface area contributed by atoms with Crippen LogP contribution in [0.3, 0.4) is 0 Å². The molecule has 0 radical (unpaired) electrons. The van der Waals surface area contributed by atoms with E-state index in [1.807, 2.05) is 26.8 Å². The summed E-state index contributed by atoms with van der Waals surface area (Å²) >= 11 is 0. The standard InChI is InChI=1S/C16H29NO2/c1-8-10-14(12-13(3)4)17(11-9-2)15(18)19-16(5,6)7/h8-9,13-14H,1-2,10-12H2,3-7H3. The number of hydrogen-bond acceptors (Lipinski definition) is 2. The summed E-state index contributed by atoms with van der Waals surface area (Å²) < 4.78 is 5.47. The Hall–Kier alpha value is -1.25. The highest BCUT2D eigenvalue weighted by molar-refractivity contribution is 5.68. The van der Waals surface area contributed by atoms with E-state index in [-0.39, 0.29) is 12.1 Å². The van der Waals surface area contributed by atoms with Gasteiger partial charge in [-0.05, 0) is 39.5 Å². The Bertz CT molecular complexity index is 302. The Balaban J connectivity index is 4.95. The summed E-state index contributed by atoms with van der Waals surface area (Å²) in [6.07, 6.45) is 5.01. The summed E-state index contributed by atoms with van der Waals surface area (Å²) in [5.41, 5.74) is -0.479. The van der Waals surface area contributed by atoms with E-state index in [0.29, 0.717) is 12.5 Å². The topological polar surface area (TPSA) is 29.5 Å². The molecule has 110 valence electrons. The fourth-order valence-corrected chi connectivity index (χ4v) is 1.92. The molecule has 0 spiro atoms. The van der Waals surface area contributed by atoms with Gasteiger partial charge in [0.2, 0.25) is 0 Å². The Kier molecular flexibility index (Phi) is 7.50. The lowest BCUT2D eigenvalue weighted by Crippen LogP contribution is -2.44. The van der Waals surface area contributed by atoms with E-state index in [0.717, 1.165) is 12.8 Å². The lowest BCUT2D eigenvalue weighted by Gasteiger charge is -2.33. The van der Waals surface area contributed by atoms with Crippen molar-refractivity contribution >= 4 is 6.09 Å². The molecule has 3 nitrogen and oxygen atoms in total. The predicted molar refractivity (Wildman–Crippen MR) is 81.2 cm³/mol. The molecular formula is C16H29NO2. The Labute approximate surface area is 118 Å². The average molecular weight is 267 g/mol. The first-order valence-corrected chi connectivity index (χ1v) is 6.92. The number of hydrogen-bond donors (Lipinski definition) is 0. The van der Waals surface area contributed by atoms with Crippen molar-refractivity contribution in [2.45, 2.75) is 59.1 Å². The molecule has 0 aromatic rings. The molecule has 1 amide bonds. The molecule has 0 aliphatic carbocycles. The summed E-state index contributed by atoms with van der Waals surface area (Å²) in [4.78, 5) is 14.0. The summed E-state index contributed by atoms with van der Waals surface area (Å²) in [5.74, 6) is 0.514. The van der Waals surface area contributed by atoms with E-state index >= 15 is 0 Å². The molecule has 0 bridgehead atoms.